The van der Waals surface area contributed by atoms with E-state index in [2.05, 4.69) is 15.4 Å². The Balaban J connectivity index is 1.65. The lowest BCUT2D eigenvalue weighted by atomic mass is 10.1. The average molecular weight is 447 g/mol. The molecule has 2 heterocycles. The topological polar surface area (TPSA) is 86.1 Å². The number of carbonyl (C=O) groups is 2. The van der Waals surface area contributed by atoms with Crippen LogP contribution >= 0.6 is 23.2 Å². The van der Waals surface area contributed by atoms with Gasteiger partial charge in [-0.2, -0.15) is 5.10 Å². The molecule has 0 radical (unpaired) electrons. The number of ether oxygens (including phenoxy) is 1. The van der Waals surface area contributed by atoms with E-state index in [-0.39, 0.29) is 11.6 Å². The summed E-state index contributed by atoms with van der Waals surface area (Å²) in [7, 11) is 0. The number of nitrogens with one attached hydrogen (secondary N) is 1. The molecule has 2 atom stereocenters. The third-order valence-corrected chi connectivity index (χ3v) is 5.14. The van der Waals surface area contributed by atoms with E-state index in [1.165, 1.54) is 13.1 Å². The van der Waals surface area contributed by atoms with Crippen LogP contribution in [-0.4, -0.2) is 32.7 Å². The van der Waals surface area contributed by atoms with Gasteiger partial charge >= 0.3 is 5.97 Å². The van der Waals surface area contributed by atoms with Crippen LogP contribution in [0, 0.1) is 6.92 Å². The molecule has 2 aromatic heterocycles. The first-order valence-corrected chi connectivity index (χ1v) is 9.95. The summed E-state index contributed by atoms with van der Waals surface area (Å²) in [5.41, 5.74) is 2.35. The molecule has 30 heavy (non-hydrogen) atoms. The van der Waals surface area contributed by atoms with Crippen molar-refractivity contribution in [1.29, 1.82) is 0 Å². The van der Waals surface area contributed by atoms with Crippen LogP contribution < -0.4 is 5.32 Å². The lowest BCUT2D eigenvalue weighted by Gasteiger charge is -2.19. The zero-order chi connectivity index (χ0) is 21.8. The maximum absolute atomic E-state index is 12.6. The van der Waals surface area contributed by atoms with E-state index >= 15 is 0 Å². The van der Waals surface area contributed by atoms with Gasteiger partial charge in [-0.25, -0.2) is 9.48 Å². The molecule has 0 bridgehead atoms. The van der Waals surface area contributed by atoms with E-state index in [0.29, 0.717) is 21.3 Å². The number of nitrogens with zero attached hydrogens (tertiary/aromatic N) is 3. The molecule has 1 N–H and O–H groups in total. The number of amides is 1. The molecule has 0 saturated carbocycles. The van der Waals surface area contributed by atoms with Crippen molar-refractivity contribution in [2.45, 2.75) is 32.9 Å². The summed E-state index contributed by atoms with van der Waals surface area (Å²) in [4.78, 5) is 29.0. The van der Waals surface area contributed by atoms with Gasteiger partial charge in [0.05, 0.1) is 23.6 Å². The zero-order valence-corrected chi connectivity index (χ0v) is 18.1. The Labute approximate surface area is 184 Å². The fraction of sp³-hybridized carbons (Fsp3) is 0.238. The quantitative estimate of drug-likeness (QED) is 0.570. The number of pyridine rings is 1. The van der Waals surface area contributed by atoms with Gasteiger partial charge in [0.25, 0.3) is 5.91 Å². The third kappa shape index (κ3) is 4.80. The lowest BCUT2D eigenvalue weighted by molar-refractivity contribution is -0.129. The van der Waals surface area contributed by atoms with Crippen molar-refractivity contribution in [2.75, 3.05) is 0 Å². The Bertz CT molecular complexity index is 1070. The molecule has 0 aliphatic heterocycles. The van der Waals surface area contributed by atoms with Gasteiger partial charge in [0.2, 0.25) is 0 Å². The fourth-order valence-electron chi connectivity index (χ4n) is 2.89. The Kier molecular flexibility index (Phi) is 6.74. The van der Waals surface area contributed by atoms with Crippen LogP contribution in [-0.2, 0) is 9.53 Å². The summed E-state index contributed by atoms with van der Waals surface area (Å²) < 4.78 is 6.95. The number of benzene rings is 1. The number of rotatable bonds is 6. The van der Waals surface area contributed by atoms with Crippen molar-refractivity contribution in [3.05, 3.63) is 75.8 Å². The summed E-state index contributed by atoms with van der Waals surface area (Å²) >= 11 is 12.1. The normalized spacial score (nSPS) is 12.8. The molecule has 7 nitrogen and oxygen atoms in total. The van der Waals surface area contributed by atoms with Gasteiger partial charge in [-0.3, -0.25) is 9.78 Å². The highest BCUT2D eigenvalue weighted by atomic mass is 35.5. The molecule has 0 fully saturated rings. The van der Waals surface area contributed by atoms with E-state index in [1.54, 1.807) is 61.3 Å². The van der Waals surface area contributed by atoms with Crippen LogP contribution in [0.1, 0.15) is 41.5 Å². The second kappa shape index (κ2) is 9.28. The van der Waals surface area contributed by atoms with Crippen molar-refractivity contribution in [3.63, 3.8) is 0 Å². The minimum absolute atomic E-state index is 0.278. The number of halogens is 2. The maximum atomic E-state index is 12.6. The second-order valence-electron chi connectivity index (χ2n) is 6.70. The highest BCUT2D eigenvalue weighted by Gasteiger charge is 2.24. The summed E-state index contributed by atoms with van der Waals surface area (Å²) in [5, 5.41) is 7.96. The minimum Gasteiger partial charge on any atom is -0.449 e. The van der Waals surface area contributed by atoms with Gasteiger partial charge in [-0.1, -0.05) is 29.3 Å². The first kappa shape index (κ1) is 21.8. The molecule has 0 saturated heterocycles. The highest BCUT2D eigenvalue weighted by Crippen LogP contribution is 2.26. The van der Waals surface area contributed by atoms with E-state index in [9.17, 15) is 9.59 Å². The zero-order valence-electron chi connectivity index (χ0n) is 16.6. The molecule has 1 aromatic carbocycles. The summed E-state index contributed by atoms with van der Waals surface area (Å²) in [6, 6.07) is 8.19. The van der Waals surface area contributed by atoms with Gasteiger partial charge < -0.3 is 10.1 Å². The maximum Gasteiger partial charge on any atom is 0.342 e. The van der Waals surface area contributed by atoms with Crippen molar-refractivity contribution in [2.24, 2.45) is 0 Å². The van der Waals surface area contributed by atoms with Gasteiger partial charge in [0.1, 0.15) is 5.56 Å². The van der Waals surface area contributed by atoms with E-state index in [4.69, 9.17) is 27.9 Å². The molecular weight excluding hydrogens is 427 g/mol. The Morgan fingerprint density at radius 2 is 1.83 bits per heavy atom. The van der Waals surface area contributed by atoms with Crippen molar-refractivity contribution in [3.8, 4) is 5.69 Å². The van der Waals surface area contributed by atoms with Crippen LogP contribution in [0.5, 0.6) is 0 Å². The van der Waals surface area contributed by atoms with Crippen molar-refractivity contribution < 1.29 is 14.3 Å². The lowest BCUT2D eigenvalue weighted by Crippen LogP contribution is -2.37. The number of esters is 1. The number of hydrogen-bond acceptors (Lipinski definition) is 5. The van der Waals surface area contributed by atoms with Crippen molar-refractivity contribution >= 4 is 35.1 Å². The standard InChI is InChI=1S/C21H20Cl2N4O3/c1-12(17-5-4-15(22)10-19(17)23)26-20(28)14(3)30-21(29)18-11-25-27(13(18)2)16-6-8-24-9-7-16/h4-12,14H,1-3H3,(H,26,28)/t12-,14-/m0/s1. The summed E-state index contributed by atoms with van der Waals surface area (Å²) in [5.74, 6) is -1.08. The Morgan fingerprint density at radius 3 is 2.50 bits per heavy atom. The molecule has 0 aliphatic carbocycles. The van der Waals surface area contributed by atoms with Crippen LogP contribution in [0.2, 0.25) is 10.0 Å². The van der Waals surface area contributed by atoms with Gasteiger partial charge in [-0.05, 0) is 50.6 Å². The summed E-state index contributed by atoms with van der Waals surface area (Å²) in [6.07, 6.45) is 3.68. The summed E-state index contributed by atoms with van der Waals surface area (Å²) in [6.45, 7) is 5.04. The van der Waals surface area contributed by atoms with Crippen LogP contribution in [0.15, 0.2) is 48.9 Å². The van der Waals surface area contributed by atoms with Gasteiger partial charge in [0, 0.05) is 22.4 Å². The van der Waals surface area contributed by atoms with Crippen LogP contribution in [0.25, 0.3) is 5.69 Å². The Hall–Kier alpha value is -2.90. The monoisotopic (exact) mass is 446 g/mol. The van der Waals surface area contributed by atoms with Crippen LogP contribution in [0.4, 0.5) is 0 Å². The molecule has 3 rings (SSSR count). The molecule has 0 unspecified atom stereocenters. The second-order valence-corrected chi connectivity index (χ2v) is 7.55. The average Bonchev–Trinajstić information content (AvgIpc) is 3.09. The van der Waals surface area contributed by atoms with E-state index < -0.39 is 18.0 Å². The number of hydrogen-bond donors (Lipinski definition) is 1. The molecular formula is C21H20Cl2N4O3. The predicted octanol–water partition coefficient (Wildman–Crippen LogP) is 4.31. The van der Waals surface area contributed by atoms with E-state index in [0.717, 1.165) is 5.69 Å². The first-order valence-electron chi connectivity index (χ1n) is 9.19. The number of carbonyl (C=O) groups excluding carboxylic acids is 2. The molecule has 0 aliphatic rings. The van der Waals surface area contributed by atoms with Gasteiger partial charge in [0.15, 0.2) is 6.10 Å². The molecule has 1 amide bonds. The smallest absolute Gasteiger partial charge is 0.342 e. The fourth-order valence-corrected chi connectivity index (χ4v) is 3.47. The Morgan fingerprint density at radius 1 is 1.13 bits per heavy atom. The molecule has 3 aromatic rings. The molecule has 9 heteroatoms. The predicted molar refractivity (Wildman–Crippen MR) is 114 cm³/mol. The molecule has 0 spiro atoms. The molecule has 156 valence electrons. The first-order chi connectivity index (χ1) is 14.3. The SMILES string of the molecule is Cc1c(C(=O)O[C@@H](C)C(=O)N[C@@H](C)c2ccc(Cl)cc2Cl)cnn1-c1ccncc1. The largest absolute Gasteiger partial charge is 0.449 e. The van der Waals surface area contributed by atoms with Gasteiger partial charge in [-0.15, -0.1) is 0 Å². The van der Waals surface area contributed by atoms with E-state index in [1.807, 2.05) is 0 Å². The number of aromatic nitrogens is 3. The third-order valence-electron chi connectivity index (χ3n) is 4.58. The van der Waals surface area contributed by atoms with Crippen molar-refractivity contribution in [1.82, 2.24) is 20.1 Å². The van der Waals surface area contributed by atoms with Crippen LogP contribution in [0.3, 0.4) is 0 Å². The highest BCUT2D eigenvalue weighted by molar-refractivity contribution is 6.35. The minimum atomic E-state index is -1.00.